The van der Waals surface area contributed by atoms with Gasteiger partial charge >= 0.3 is 0 Å². The monoisotopic (exact) mass is 364 g/mol. The van der Waals surface area contributed by atoms with Crippen LogP contribution in [0.4, 0.5) is 0 Å². The Morgan fingerprint density at radius 3 is 2.33 bits per heavy atom. The van der Waals surface area contributed by atoms with Gasteiger partial charge in [-0.15, -0.1) is 0 Å². The summed E-state index contributed by atoms with van der Waals surface area (Å²) in [5.74, 6) is 0. The average Bonchev–Trinajstić information content (AvgIpc) is 2.61. The van der Waals surface area contributed by atoms with Crippen molar-refractivity contribution in [3.8, 4) is 0 Å². The van der Waals surface area contributed by atoms with Crippen LogP contribution in [0.15, 0.2) is 36.9 Å². The molecule has 1 aromatic rings. The molecule has 27 heavy (non-hydrogen) atoms. The van der Waals surface area contributed by atoms with E-state index in [0.29, 0.717) is 0 Å². The van der Waals surface area contributed by atoms with Gasteiger partial charge in [-0.2, -0.15) is 0 Å². The summed E-state index contributed by atoms with van der Waals surface area (Å²) in [6, 6.07) is 2.40. The van der Waals surface area contributed by atoms with E-state index in [1.165, 1.54) is 44.5 Å². The maximum atomic E-state index is 4.39. The average molecular weight is 365 g/mol. The lowest BCUT2D eigenvalue weighted by molar-refractivity contribution is 0.547. The zero-order valence-corrected chi connectivity index (χ0v) is 19.1. The molecule has 0 unspecified atom stereocenters. The molecular formula is C27H40. The SMILES string of the molecule is C=C1C=C(CCC)c2cc(/C=C\C(C)(C)C)c(C)c(C(=C)CC)c2C1.CC. The summed E-state index contributed by atoms with van der Waals surface area (Å²) < 4.78 is 0. The maximum Gasteiger partial charge on any atom is -0.00193 e. The maximum absolute atomic E-state index is 4.39. The molecule has 0 radical (unpaired) electrons. The second-order valence-corrected chi connectivity index (χ2v) is 8.40. The van der Waals surface area contributed by atoms with E-state index >= 15 is 0 Å². The molecule has 0 atom stereocenters. The van der Waals surface area contributed by atoms with Crippen molar-refractivity contribution in [2.24, 2.45) is 5.41 Å². The smallest absolute Gasteiger partial charge is 0.00193 e. The number of hydrogen-bond acceptors (Lipinski definition) is 0. The van der Waals surface area contributed by atoms with Crippen molar-refractivity contribution in [1.82, 2.24) is 0 Å². The number of fused-ring (bicyclic) bond motifs is 1. The first kappa shape index (κ1) is 23.2. The number of allylic oxidation sites excluding steroid dienone is 5. The van der Waals surface area contributed by atoms with Gasteiger partial charge in [0, 0.05) is 0 Å². The molecule has 0 bridgehead atoms. The highest BCUT2D eigenvalue weighted by molar-refractivity contribution is 5.84. The standard InChI is InChI=1S/C25H34.C2H6/c1-9-11-21-14-17(3)15-23-22(21)16-20(12-13-25(6,7)8)19(5)24(23)18(4)10-2;1-2/h12-14,16H,3-4,9-11,15H2,1-2,5-8H3;1-2H3/b13-12-;. The second kappa shape index (κ2) is 9.93. The molecule has 0 saturated heterocycles. The number of hydrogen-bond donors (Lipinski definition) is 0. The van der Waals surface area contributed by atoms with Crippen molar-refractivity contribution in [1.29, 1.82) is 0 Å². The molecular weight excluding hydrogens is 324 g/mol. The highest BCUT2D eigenvalue weighted by atomic mass is 14.3. The van der Waals surface area contributed by atoms with Crippen molar-refractivity contribution in [3.63, 3.8) is 0 Å². The van der Waals surface area contributed by atoms with Crippen LogP contribution in [0, 0.1) is 12.3 Å². The van der Waals surface area contributed by atoms with Gasteiger partial charge in [0.1, 0.15) is 0 Å². The molecule has 0 heteroatoms. The van der Waals surface area contributed by atoms with Gasteiger partial charge in [-0.05, 0) is 76.6 Å². The molecule has 1 aliphatic rings. The second-order valence-electron chi connectivity index (χ2n) is 8.40. The molecule has 1 aromatic carbocycles. The predicted octanol–water partition coefficient (Wildman–Crippen LogP) is 8.80. The molecule has 148 valence electrons. The number of benzene rings is 1. The fourth-order valence-corrected chi connectivity index (χ4v) is 3.57. The van der Waals surface area contributed by atoms with Crippen LogP contribution in [0.2, 0.25) is 0 Å². The molecule has 0 fully saturated rings. The molecule has 0 aliphatic heterocycles. The third-order valence-corrected chi connectivity index (χ3v) is 4.93. The molecule has 0 amide bonds. The van der Waals surface area contributed by atoms with Crippen LogP contribution >= 0.6 is 0 Å². The van der Waals surface area contributed by atoms with E-state index in [0.717, 1.165) is 25.7 Å². The molecule has 2 rings (SSSR count). The Morgan fingerprint density at radius 1 is 1.19 bits per heavy atom. The number of rotatable bonds is 5. The first-order valence-electron chi connectivity index (χ1n) is 10.6. The lowest BCUT2D eigenvalue weighted by Gasteiger charge is -2.26. The van der Waals surface area contributed by atoms with Gasteiger partial charge in [0.25, 0.3) is 0 Å². The van der Waals surface area contributed by atoms with E-state index < -0.39 is 0 Å². The Bertz CT molecular complexity index is 745. The van der Waals surface area contributed by atoms with Crippen LogP contribution in [0.1, 0.15) is 95.5 Å². The molecule has 0 aromatic heterocycles. The highest BCUT2D eigenvalue weighted by Gasteiger charge is 2.21. The molecule has 0 heterocycles. The largest absolute Gasteiger partial charge is 0.0955 e. The van der Waals surface area contributed by atoms with Crippen LogP contribution < -0.4 is 0 Å². The van der Waals surface area contributed by atoms with Crippen molar-refractivity contribution < 1.29 is 0 Å². The normalized spacial score (nSPS) is 13.8. The van der Waals surface area contributed by atoms with Gasteiger partial charge in [-0.25, -0.2) is 0 Å². The lowest BCUT2D eigenvalue weighted by Crippen LogP contribution is -2.09. The minimum atomic E-state index is 0.181. The van der Waals surface area contributed by atoms with E-state index in [2.05, 4.69) is 79.0 Å². The quantitative estimate of drug-likeness (QED) is 0.489. The topological polar surface area (TPSA) is 0 Å². The minimum Gasteiger partial charge on any atom is -0.0955 e. The Kier molecular flexibility index (Phi) is 8.54. The van der Waals surface area contributed by atoms with Crippen LogP contribution in [0.25, 0.3) is 17.2 Å². The van der Waals surface area contributed by atoms with Crippen molar-refractivity contribution in [3.05, 3.63) is 64.8 Å². The van der Waals surface area contributed by atoms with Crippen molar-refractivity contribution in [2.45, 2.75) is 81.1 Å². The summed E-state index contributed by atoms with van der Waals surface area (Å²) in [6.07, 6.45) is 11.1. The lowest BCUT2D eigenvalue weighted by atomic mass is 9.78. The molecule has 1 aliphatic carbocycles. The van der Waals surface area contributed by atoms with Gasteiger partial charge in [-0.1, -0.05) is 91.8 Å². The Labute approximate surface area is 168 Å². The van der Waals surface area contributed by atoms with Crippen LogP contribution in [0.3, 0.4) is 0 Å². The van der Waals surface area contributed by atoms with Gasteiger partial charge in [0.15, 0.2) is 0 Å². The highest BCUT2D eigenvalue weighted by Crippen LogP contribution is 2.39. The zero-order valence-electron chi connectivity index (χ0n) is 19.1. The molecule has 0 nitrogen and oxygen atoms in total. The van der Waals surface area contributed by atoms with Gasteiger partial charge < -0.3 is 0 Å². The zero-order chi connectivity index (χ0) is 20.8. The van der Waals surface area contributed by atoms with E-state index in [1.807, 2.05) is 13.8 Å². The molecule has 0 saturated carbocycles. The summed E-state index contributed by atoms with van der Waals surface area (Å²) in [7, 11) is 0. The Hall–Kier alpha value is -1.82. The predicted molar refractivity (Wildman–Crippen MR) is 126 cm³/mol. The molecule has 0 N–H and O–H groups in total. The first-order chi connectivity index (χ1) is 12.7. The molecule has 0 spiro atoms. The third kappa shape index (κ3) is 5.83. The van der Waals surface area contributed by atoms with Gasteiger partial charge in [-0.3, -0.25) is 0 Å². The van der Waals surface area contributed by atoms with Crippen molar-refractivity contribution in [2.75, 3.05) is 0 Å². The summed E-state index contributed by atoms with van der Waals surface area (Å²) in [5, 5.41) is 0. The Balaban J connectivity index is 0.00000176. The van der Waals surface area contributed by atoms with Crippen LogP contribution in [-0.2, 0) is 6.42 Å². The minimum absolute atomic E-state index is 0.181. The van der Waals surface area contributed by atoms with E-state index in [4.69, 9.17) is 0 Å². The van der Waals surface area contributed by atoms with Crippen LogP contribution in [-0.4, -0.2) is 0 Å². The summed E-state index contributed by atoms with van der Waals surface area (Å²) in [6.45, 7) is 26.1. The Morgan fingerprint density at radius 2 is 1.81 bits per heavy atom. The summed E-state index contributed by atoms with van der Waals surface area (Å²) >= 11 is 0. The van der Waals surface area contributed by atoms with E-state index in [-0.39, 0.29) is 5.41 Å². The van der Waals surface area contributed by atoms with E-state index in [9.17, 15) is 0 Å². The van der Waals surface area contributed by atoms with Gasteiger partial charge in [0.05, 0.1) is 0 Å². The summed E-state index contributed by atoms with van der Waals surface area (Å²) in [4.78, 5) is 0. The van der Waals surface area contributed by atoms with Crippen molar-refractivity contribution >= 4 is 17.2 Å². The fraction of sp³-hybridized carbons (Fsp3) is 0.481. The fourth-order valence-electron chi connectivity index (χ4n) is 3.57. The van der Waals surface area contributed by atoms with Gasteiger partial charge in [0.2, 0.25) is 0 Å². The van der Waals surface area contributed by atoms with Crippen LogP contribution in [0.5, 0.6) is 0 Å². The summed E-state index contributed by atoms with van der Waals surface area (Å²) in [5.41, 5.74) is 11.0. The first-order valence-corrected chi connectivity index (χ1v) is 10.6. The van der Waals surface area contributed by atoms with E-state index in [1.54, 1.807) is 0 Å². The third-order valence-electron chi connectivity index (χ3n) is 4.93.